The van der Waals surface area contributed by atoms with Crippen molar-refractivity contribution >= 4 is 10.1 Å². The molecule has 0 unspecified atom stereocenters. The van der Waals surface area contributed by atoms with Crippen molar-refractivity contribution in [3.05, 3.63) is 0 Å². The van der Waals surface area contributed by atoms with Crippen molar-refractivity contribution in [3.8, 4) is 0 Å². The molecular formula is C9H24NNaO4S. The molecule has 5 nitrogen and oxygen atoms in total. The quantitative estimate of drug-likeness (QED) is 0.439. The van der Waals surface area contributed by atoms with Crippen LogP contribution in [0.1, 0.15) is 40.0 Å². The summed E-state index contributed by atoms with van der Waals surface area (Å²) in [5.41, 5.74) is 5.03. The van der Waals surface area contributed by atoms with E-state index in [-0.39, 0.29) is 35.3 Å². The molecule has 0 spiro atoms. The Labute approximate surface area is 122 Å². The molecular weight excluding hydrogens is 241 g/mol. The third-order valence-corrected chi connectivity index (χ3v) is 1.87. The summed E-state index contributed by atoms with van der Waals surface area (Å²) in [6.45, 7) is 6.77. The van der Waals surface area contributed by atoms with Crippen molar-refractivity contribution in [1.29, 1.82) is 0 Å². The van der Waals surface area contributed by atoms with Crippen LogP contribution < -0.4 is 35.3 Å². The fourth-order valence-corrected chi connectivity index (χ4v) is 0.750. The first-order valence-corrected chi connectivity index (χ1v) is 6.71. The van der Waals surface area contributed by atoms with Crippen LogP contribution in [0.3, 0.4) is 0 Å². The van der Waals surface area contributed by atoms with Crippen molar-refractivity contribution < 1.29 is 47.6 Å². The van der Waals surface area contributed by atoms with Gasteiger partial charge in [0.1, 0.15) is 0 Å². The minimum absolute atomic E-state index is 0. The number of aliphatic hydroxyl groups excluding tert-OH is 1. The Balaban J connectivity index is -0.0000000700. The largest absolute Gasteiger partial charge is 1.00 e. The van der Waals surface area contributed by atoms with Crippen LogP contribution >= 0.6 is 0 Å². The van der Waals surface area contributed by atoms with Crippen LogP contribution in [-0.4, -0.2) is 37.0 Å². The van der Waals surface area contributed by atoms with E-state index in [4.69, 9.17) is 10.8 Å². The monoisotopic (exact) mass is 265 g/mol. The minimum Gasteiger partial charge on any atom is -0.748 e. The summed E-state index contributed by atoms with van der Waals surface area (Å²) in [5.74, 6) is -0.243. The van der Waals surface area contributed by atoms with Gasteiger partial charge in [-0.25, -0.2) is 8.42 Å². The zero-order valence-electron chi connectivity index (χ0n) is 10.9. The van der Waals surface area contributed by atoms with Gasteiger partial charge in [-0.3, -0.25) is 0 Å². The van der Waals surface area contributed by atoms with Crippen LogP contribution in [-0.2, 0) is 10.1 Å². The molecule has 0 fully saturated rings. The van der Waals surface area contributed by atoms with Crippen LogP contribution in [0.15, 0.2) is 0 Å². The number of aliphatic hydroxyl groups is 1. The van der Waals surface area contributed by atoms with Gasteiger partial charge in [0.2, 0.25) is 0 Å². The second-order valence-electron chi connectivity index (χ2n) is 2.77. The molecule has 0 bridgehead atoms. The van der Waals surface area contributed by atoms with Gasteiger partial charge in [-0.1, -0.05) is 20.8 Å². The molecule has 0 aromatic rings. The van der Waals surface area contributed by atoms with E-state index < -0.39 is 10.1 Å². The predicted octanol–water partition coefficient (Wildman–Crippen LogP) is -2.31. The molecule has 0 saturated heterocycles. The second-order valence-corrected chi connectivity index (χ2v) is 4.30. The summed E-state index contributed by atoms with van der Waals surface area (Å²) in [6.07, 6.45) is 2.38. The minimum atomic E-state index is -3.92. The van der Waals surface area contributed by atoms with E-state index in [1.54, 1.807) is 6.92 Å². The zero-order chi connectivity index (χ0) is 12.7. The average molecular weight is 265 g/mol. The number of nitrogens with two attached hydrogens (primary N) is 1. The Kier molecular flexibility index (Phi) is 33.9. The van der Waals surface area contributed by atoms with E-state index in [0.29, 0.717) is 13.0 Å². The van der Waals surface area contributed by atoms with Crippen LogP contribution in [0, 0.1) is 0 Å². The summed E-state index contributed by atoms with van der Waals surface area (Å²) in [5, 5.41) is 7.88. The molecule has 0 radical (unpaired) electrons. The number of hydrogen-bond acceptors (Lipinski definition) is 5. The normalized spacial score (nSPS) is 8.88. The van der Waals surface area contributed by atoms with Crippen molar-refractivity contribution in [3.63, 3.8) is 0 Å². The third-order valence-electron chi connectivity index (χ3n) is 0.966. The predicted molar refractivity (Wildman–Crippen MR) is 61.6 cm³/mol. The van der Waals surface area contributed by atoms with Crippen LogP contribution in [0.4, 0.5) is 0 Å². The molecule has 0 heterocycles. The fourth-order valence-electron chi connectivity index (χ4n) is 0.250. The van der Waals surface area contributed by atoms with E-state index in [1.807, 2.05) is 6.92 Å². The topological polar surface area (TPSA) is 103 Å². The molecule has 96 valence electrons. The molecule has 0 aromatic carbocycles. The first-order chi connectivity index (χ1) is 6.89. The second kappa shape index (κ2) is 21.1. The molecule has 0 rings (SSSR count). The molecule has 0 atom stereocenters. The van der Waals surface area contributed by atoms with E-state index in [9.17, 15) is 13.0 Å². The maximum Gasteiger partial charge on any atom is 1.00 e. The Bertz CT molecular complexity index is 178. The van der Waals surface area contributed by atoms with Gasteiger partial charge in [0, 0.05) is 12.4 Å². The van der Waals surface area contributed by atoms with Gasteiger partial charge in [0.25, 0.3) is 0 Å². The summed E-state index contributed by atoms with van der Waals surface area (Å²) < 4.78 is 29.0. The van der Waals surface area contributed by atoms with Crippen molar-refractivity contribution in [1.82, 2.24) is 0 Å². The van der Waals surface area contributed by atoms with Crippen molar-refractivity contribution in [2.75, 3.05) is 18.9 Å². The van der Waals surface area contributed by atoms with Crippen molar-refractivity contribution in [2.45, 2.75) is 40.0 Å². The third kappa shape index (κ3) is 60.8. The smallest absolute Gasteiger partial charge is 0.748 e. The molecule has 3 N–H and O–H groups in total. The molecule has 16 heavy (non-hydrogen) atoms. The zero-order valence-corrected chi connectivity index (χ0v) is 13.7. The van der Waals surface area contributed by atoms with Crippen molar-refractivity contribution in [2.24, 2.45) is 5.73 Å². The molecule has 0 amide bonds. The van der Waals surface area contributed by atoms with E-state index in [1.165, 1.54) is 0 Å². The van der Waals surface area contributed by atoms with Gasteiger partial charge in [-0.2, -0.15) is 0 Å². The first-order valence-electron chi connectivity index (χ1n) is 5.13. The summed E-state index contributed by atoms with van der Waals surface area (Å²) >= 11 is 0. The fraction of sp³-hybridized carbons (Fsp3) is 1.00. The Morgan fingerprint density at radius 1 is 1.12 bits per heavy atom. The summed E-state index contributed by atoms with van der Waals surface area (Å²) in [6, 6.07) is 0. The van der Waals surface area contributed by atoms with E-state index in [0.717, 1.165) is 19.4 Å². The van der Waals surface area contributed by atoms with E-state index in [2.05, 4.69) is 6.92 Å². The Morgan fingerprint density at radius 2 is 1.44 bits per heavy atom. The Morgan fingerprint density at radius 3 is 1.44 bits per heavy atom. The van der Waals surface area contributed by atoms with Gasteiger partial charge in [0.05, 0.1) is 10.1 Å². The average Bonchev–Trinajstić information content (AvgIpc) is 2.17. The van der Waals surface area contributed by atoms with Crippen LogP contribution in [0.25, 0.3) is 0 Å². The SMILES string of the molecule is CCCN.CCCO.CCCS(=O)(=O)[O-].[Na+]. The maximum atomic E-state index is 9.68. The summed E-state index contributed by atoms with van der Waals surface area (Å²) in [4.78, 5) is 0. The Hall–Kier alpha value is 0.830. The summed E-state index contributed by atoms with van der Waals surface area (Å²) in [7, 11) is -3.92. The van der Waals surface area contributed by atoms with Crippen LogP contribution in [0.2, 0.25) is 0 Å². The van der Waals surface area contributed by atoms with Gasteiger partial charge in [-0.15, -0.1) is 0 Å². The van der Waals surface area contributed by atoms with Gasteiger partial charge in [0.15, 0.2) is 0 Å². The van der Waals surface area contributed by atoms with Gasteiger partial charge < -0.3 is 15.4 Å². The van der Waals surface area contributed by atoms with Crippen LogP contribution in [0.5, 0.6) is 0 Å². The molecule has 0 aliphatic rings. The maximum absolute atomic E-state index is 9.68. The number of hydrogen-bond donors (Lipinski definition) is 2. The standard InChI is InChI=1S/C3H9N.C3H8O3S.C3H8O.Na/c1-2-3-4;1-2-3-7(4,5)6;1-2-3-4;/h2-4H2,1H3;2-3H2,1H3,(H,4,5,6);4H,2-3H2,1H3;/q;;;+1/p-1. The molecule has 0 aromatic heterocycles. The van der Waals surface area contributed by atoms with Gasteiger partial charge >= 0.3 is 29.6 Å². The van der Waals surface area contributed by atoms with Gasteiger partial charge in [-0.05, 0) is 25.8 Å². The number of rotatable bonds is 4. The molecule has 7 heteroatoms. The molecule has 0 aliphatic heterocycles. The van der Waals surface area contributed by atoms with E-state index >= 15 is 0 Å². The first kappa shape index (κ1) is 25.6. The molecule has 0 saturated carbocycles. The molecule has 0 aliphatic carbocycles.